The average Bonchev–Trinajstić information content (AvgIpc) is 2.29. The van der Waals surface area contributed by atoms with E-state index in [9.17, 15) is 9.18 Å². The summed E-state index contributed by atoms with van der Waals surface area (Å²) in [6.07, 6.45) is 8.80. The highest BCUT2D eigenvalue weighted by Gasteiger charge is 2.20. The van der Waals surface area contributed by atoms with E-state index in [0.717, 1.165) is 18.6 Å². The van der Waals surface area contributed by atoms with E-state index < -0.39 is 11.9 Å². The van der Waals surface area contributed by atoms with Crippen LogP contribution in [0.4, 0.5) is 9.18 Å². The fourth-order valence-corrected chi connectivity index (χ4v) is 1.97. The molecule has 1 amide bonds. The van der Waals surface area contributed by atoms with Crippen molar-refractivity contribution in [3.63, 3.8) is 0 Å². The van der Waals surface area contributed by atoms with Crippen molar-refractivity contribution in [3.05, 3.63) is 0 Å². The first-order valence-corrected chi connectivity index (χ1v) is 7.85. The Hall–Kier alpha value is -0.450. The van der Waals surface area contributed by atoms with Crippen LogP contribution in [0.1, 0.15) is 65.2 Å². The number of hydrogen-bond acceptors (Lipinski definition) is 3. The number of thiol groups is 1. The molecular weight excluding hydrogens is 265 g/mol. The van der Waals surface area contributed by atoms with Crippen molar-refractivity contribution in [2.45, 2.75) is 71.1 Å². The predicted octanol–water partition coefficient (Wildman–Crippen LogP) is 4.47. The van der Waals surface area contributed by atoms with Gasteiger partial charge in [-0.1, -0.05) is 38.5 Å². The molecule has 0 rings (SSSR count). The molecule has 0 aromatic rings. The zero-order valence-electron chi connectivity index (χ0n) is 12.2. The first-order chi connectivity index (χ1) is 8.95. The smallest absolute Gasteiger partial charge is 0.409 e. The topological polar surface area (TPSA) is 38.3 Å². The SMILES string of the molecule is CC(C)(F)OC(=O)NCCCCCCCCCCS. The quantitative estimate of drug-likeness (QED) is 0.436. The van der Waals surface area contributed by atoms with Crippen molar-refractivity contribution in [1.29, 1.82) is 0 Å². The lowest BCUT2D eigenvalue weighted by Crippen LogP contribution is -2.32. The number of hydrogen-bond donors (Lipinski definition) is 2. The van der Waals surface area contributed by atoms with Gasteiger partial charge in [-0.05, 0) is 18.6 Å². The summed E-state index contributed by atoms with van der Waals surface area (Å²) in [6, 6.07) is 0. The maximum absolute atomic E-state index is 13.0. The van der Waals surface area contributed by atoms with Crippen molar-refractivity contribution in [1.82, 2.24) is 5.32 Å². The lowest BCUT2D eigenvalue weighted by Gasteiger charge is -2.15. The van der Waals surface area contributed by atoms with Crippen LogP contribution in [-0.4, -0.2) is 24.2 Å². The van der Waals surface area contributed by atoms with Gasteiger partial charge in [-0.2, -0.15) is 17.0 Å². The number of rotatable bonds is 11. The number of carbonyl (C=O) groups excluding carboxylic acids is 1. The molecule has 3 nitrogen and oxygen atoms in total. The Morgan fingerprint density at radius 2 is 1.53 bits per heavy atom. The van der Waals surface area contributed by atoms with E-state index in [1.165, 1.54) is 52.4 Å². The molecule has 0 saturated carbocycles. The molecule has 0 aliphatic heterocycles. The molecule has 0 unspecified atom stereocenters. The van der Waals surface area contributed by atoms with Gasteiger partial charge in [-0.25, -0.2) is 4.79 Å². The lowest BCUT2D eigenvalue weighted by molar-refractivity contribution is -0.0634. The summed E-state index contributed by atoms with van der Waals surface area (Å²) >= 11 is 4.18. The van der Waals surface area contributed by atoms with E-state index in [0.29, 0.717) is 6.54 Å². The molecule has 0 aliphatic rings. The van der Waals surface area contributed by atoms with Crippen LogP contribution in [0.25, 0.3) is 0 Å². The molecule has 0 aliphatic carbocycles. The van der Waals surface area contributed by atoms with Gasteiger partial charge in [0, 0.05) is 20.4 Å². The van der Waals surface area contributed by atoms with Crippen LogP contribution in [0.15, 0.2) is 0 Å². The summed E-state index contributed by atoms with van der Waals surface area (Å²) in [4.78, 5) is 11.1. The summed E-state index contributed by atoms with van der Waals surface area (Å²) < 4.78 is 17.5. The number of carbonyl (C=O) groups is 1. The van der Waals surface area contributed by atoms with Gasteiger partial charge >= 0.3 is 6.09 Å². The molecule has 0 saturated heterocycles. The van der Waals surface area contributed by atoms with Gasteiger partial charge in [0.2, 0.25) is 5.85 Å². The minimum absolute atomic E-state index is 0.550. The maximum atomic E-state index is 13.0. The number of nitrogens with one attached hydrogen (secondary N) is 1. The molecule has 0 spiro atoms. The van der Waals surface area contributed by atoms with Crippen LogP contribution >= 0.6 is 12.6 Å². The molecule has 0 bridgehead atoms. The van der Waals surface area contributed by atoms with Gasteiger partial charge in [-0.3, -0.25) is 0 Å². The first-order valence-electron chi connectivity index (χ1n) is 7.22. The Labute approximate surface area is 122 Å². The van der Waals surface area contributed by atoms with E-state index in [2.05, 4.69) is 22.7 Å². The Bertz CT molecular complexity index is 232. The molecule has 114 valence electrons. The Balaban J connectivity index is 3.21. The maximum Gasteiger partial charge on any atom is 0.409 e. The van der Waals surface area contributed by atoms with Gasteiger partial charge in [0.1, 0.15) is 0 Å². The summed E-state index contributed by atoms with van der Waals surface area (Å²) in [5.41, 5.74) is 0. The van der Waals surface area contributed by atoms with E-state index >= 15 is 0 Å². The van der Waals surface area contributed by atoms with Crippen molar-refractivity contribution < 1.29 is 13.9 Å². The highest BCUT2D eigenvalue weighted by Crippen LogP contribution is 2.10. The highest BCUT2D eigenvalue weighted by atomic mass is 32.1. The fraction of sp³-hybridized carbons (Fsp3) is 0.929. The largest absolute Gasteiger partial charge is 0.413 e. The molecule has 5 heteroatoms. The molecule has 0 aromatic carbocycles. The Kier molecular flexibility index (Phi) is 11.1. The van der Waals surface area contributed by atoms with Crippen molar-refractivity contribution in [2.75, 3.05) is 12.3 Å². The molecular formula is C14H28FNO2S. The fourth-order valence-electron chi connectivity index (χ4n) is 1.74. The van der Waals surface area contributed by atoms with Crippen molar-refractivity contribution in [2.24, 2.45) is 0 Å². The van der Waals surface area contributed by atoms with Crippen molar-refractivity contribution in [3.8, 4) is 0 Å². The monoisotopic (exact) mass is 293 g/mol. The zero-order valence-corrected chi connectivity index (χ0v) is 13.1. The van der Waals surface area contributed by atoms with Crippen LogP contribution < -0.4 is 5.32 Å². The zero-order chi connectivity index (χ0) is 14.6. The summed E-state index contributed by atoms with van der Waals surface area (Å²) in [5.74, 6) is -0.922. The Morgan fingerprint density at radius 3 is 2.00 bits per heavy atom. The molecule has 0 radical (unpaired) electrons. The van der Waals surface area contributed by atoms with Crippen LogP contribution in [0.2, 0.25) is 0 Å². The van der Waals surface area contributed by atoms with Crippen molar-refractivity contribution >= 4 is 18.7 Å². The summed E-state index contributed by atoms with van der Waals surface area (Å²) in [6.45, 7) is 2.97. The molecule has 0 heterocycles. The first kappa shape index (κ1) is 18.6. The number of alkyl carbamates (subject to hydrolysis) is 1. The average molecular weight is 293 g/mol. The second-order valence-electron chi connectivity index (χ2n) is 5.23. The molecule has 19 heavy (non-hydrogen) atoms. The second kappa shape index (κ2) is 11.4. The van der Waals surface area contributed by atoms with Crippen LogP contribution in [0.3, 0.4) is 0 Å². The van der Waals surface area contributed by atoms with Gasteiger partial charge in [0.15, 0.2) is 0 Å². The summed E-state index contributed by atoms with van der Waals surface area (Å²) in [5, 5.41) is 2.55. The standard InChI is InChI=1S/C14H28FNO2S/c1-14(2,15)18-13(17)16-11-9-7-5-3-4-6-8-10-12-19/h19H,3-12H2,1-2H3,(H,16,17). The van der Waals surface area contributed by atoms with E-state index in [1.807, 2.05) is 0 Å². The van der Waals surface area contributed by atoms with Gasteiger partial charge < -0.3 is 10.1 Å². The number of amides is 1. The minimum Gasteiger partial charge on any atom is -0.413 e. The Morgan fingerprint density at radius 1 is 1.05 bits per heavy atom. The molecule has 0 atom stereocenters. The van der Waals surface area contributed by atoms with Gasteiger partial charge in [-0.15, -0.1) is 0 Å². The number of halogens is 1. The minimum atomic E-state index is -1.91. The predicted molar refractivity (Wildman–Crippen MR) is 80.5 cm³/mol. The molecule has 1 N–H and O–H groups in total. The summed E-state index contributed by atoms with van der Waals surface area (Å²) in [7, 11) is 0. The van der Waals surface area contributed by atoms with E-state index in [4.69, 9.17) is 0 Å². The molecule has 0 aromatic heterocycles. The lowest BCUT2D eigenvalue weighted by atomic mass is 10.1. The van der Waals surface area contributed by atoms with Crippen LogP contribution in [0.5, 0.6) is 0 Å². The second-order valence-corrected chi connectivity index (χ2v) is 5.68. The third-order valence-electron chi connectivity index (χ3n) is 2.69. The van der Waals surface area contributed by atoms with E-state index in [1.54, 1.807) is 0 Å². The number of alkyl halides is 1. The highest BCUT2D eigenvalue weighted by molar-refractivity contribution is 7.80. The third-order valence-corrected chi connectivity index (χ3v) is 3.01. The van der Waals surface area contributed by atoms with Gasteiger partial charge in [0.05, 0.1) is 0 Å². The van der Waals surface area contributed by atoms with Gasteiger partial charge in [0.25, 0.3) is 0 Å². The number of unbranched alkanes of at least 4 members (excludes halogenated alkanes) is 7. The van der Waals surface area contributed by atoms with Crippen LogP contribution in [-0.2, 0) is 4.74 Å². The van der Waals surface area contributed by atoms with E-state index in [-0.39, 0.29) is 0 Å². The third kappa shape index (κ3) is 15.5. The molecule has 0 fully saturated rings. The normalized spacial score (nSPS) is 11.4. The van der Waals surface area contributed by atoms with Crippen LogP contribution in [0, 0.1) is 0 Å². The number of ether oxygens (including phenoxy) is 1.